The highest BCUT2D eigenvalue weighted by atomic mass is 15.2. The van der Waals surface area contributed by atoms with E-state index < -0.39 is 0 Å². The maximum absolute atomic E-state index is 4.48. The minimum atomic E-state index is 0.593. The molecule has 2 aliphatic heterocycles. The van der Waals surface area contributed by atoms with Gasteiger partial charge in [-0.2, -0.15) is 0 Å². The number of rotatable bonds is 2. The van der Waals surface area contributed by atoms with Crippen LogP contribution in [0.3, 0.4) is 0 Å². The van der Waals surface area contributed by atoms with Crippen molar-refractivity contribution in [2.75, 3.05) is 31.2 Å². The Balaban J connectivity index is 1.75. The molecule has 5 heteroatoms. The van der Waals surface area contributed by atoms with E-state index in [9.17, 15) is 0 Å². The first-order chi connectivity index (χ1) is 10.4. The molecule has 2 aromatic heterocycles. The van der Waals surface area contributed by atoms with E-state index in [0.717, 1.165) is 26.3 Å². The van der Waals surface area contributed by atoms with Gasteiger partial charge < -0.3 is 14.8 Å². The molecule has 0 amide bonds. The Labute approximate surface area is 124 Å². The number of nitrogens with one attached hydrogen (secondary N) is 2. The van der Waals surface area contributed by atoms with Crippen LogP contribution in [0, 0.1) is 0 Å². The maximum atomic E-state index is 4.48. The fourth-order valence-corrected chi connectivity index (χ4v) is 3.36. The van der Waals surface area contributed by atoms with Crippen LogP contribution in [0.5, 0.6) is 0 Å². The number of hydrogen-bond donors (Lipinski definition) is 2. The quantitative estimate of drug-likeness (QED) is 0.883. The van der Waals surface area contributed by atoms with Gasteiger partial charge in [0.2, 0.25) is 0 Å². The first-order valence-electron chi connectivity index (χ1n) is 7.73. The number of nitrogens with zero attached hydrogens (tertiary/aromatic N) is 3. The van der Waals surface area contributed by atoms with Gasteiger partial charge in [-0.15, -0.1) is 0 Å². The topological polar surface area (TPSA) is 45.1 Å². The minimum absolute atomic E-state index is 0.593. The Morgan fingerprint density at radius 3 is 2.86 bits per heavy atom. The fourth-order valence-electron chi connectivity index (χ4n) is 3.36. The van der Waals surface area contributed by atoms with Crippen molar-refractivity contribution in [3.63, 3.8) is 0 Å². The van der Waals surface area contributed by atoms with Gasteiger partial charge in [0.25, 0.3) is 0 Å². The largest absolute Gasteiger partial charge is 0.343 e. The smallest absolute Gasteiger partial charge is 0.0728 e. The Hall–Kier alpha value is -1.85. The van der Waals surface area contributed by atoms with Crippen LogP contribution in [-0.2, 0) is 0 Å². The summed E-state index contributed by atoms with van der Waals surface area (Å²) in [5, 5.41) is 8.09. The molecule has 110 valence electrons. The maximum Gasteiger partial charge on any atom is 0.0728 e. The Kier molecular flexibility index (Phi) is 3.37. The van der Waals surface area contributed by atoms with Crippen molar-refractivity contribution in [3.8, 4) is 0 Å². The standard InChI is InChI=1S/C16H21N5/c1-5-18-12-20(8-1)15-10-19-11-16-14(15)4-9-21(16)13-2-6-17-7-3-13/h1,4,8-11,13,17-18H,2-3,5-7,12H2. The van der Waals surface area contributed by atoms with E-state index in [1.54, 1.807) is 0 Å². The van der Waals surface area contributed by atoms with Crippen LogP contribution in [0.15, 0.2) is 36.9 Å². The molecule has 0 aromatic carbocycles. The first kappa shape index (κ1) is 12.9. The predicted octanol–water partition coefficient (Wildman–Crippen LogP) is 1.84. The SMILES string of the molecule is C1=CN(c2cncc3c2ccn3C2CCNCC2)CNC1. The predicted molar refractivity (Wildman–Crippen MR) is 85.4 cm³/mol. The zero-order valence-electron chi connectivity index (χ0n) is 12.1. The molecular weight excluding hydrogens is 262 g/mol. The third-order valence-corrected chi connectivity index (χ3v) is 4.47. The van der Waals surface area contributed by atoms with Gasteiger partial charge >= 0.3 is 0 Å². The van der Waals surface area contributed by atoms with Crippen molar-refractivity contribution in [1.29, 1.82) is 0 Å². The molecule has 2 aromatic rings. The third-order valence-electron chi connectivity index (χ3n) is 4.47. The van der Waals surface area contributed by atoms with E-state index in [1.165, 1.54) is 29.4 Å². The molecule has 0 aliphatic carbocycles. The summed E-state index contributed by atoms with van der Waals surface area (Å²) in [5.74, 6) is 0. The second-order valence-corrected chi connectivity index (χ2v) is 5.76. The molecule has 4 rings (SSSR count). The number of fused-ring (bicyclic) bond motifs is 1. The van der Waals surface area contributed by atoms with Crippen LogP contribution in [0.4, 0.5) is 5.69 Å². The van der Waals surface area contributed by atoms with Gasteiger partial charge in [0, 0.05) is 30.4 Å². The van der Waals surface area contributed by atoms with Crippen molar-refractivity contribution >= 4 is 16.6 Å². The lowest BCUT2D eigenvalue weighted by molar-refractivity contribution is 0.376. The third kappa shape index (κ3) is 2.32. The van der Waals surface area contributed by atoms with Crippen molar-refractivity contribution in [2.45, 2.75) is 18.9 Å². The van der Waals surface area contributed by atoms with Crippen LogP contribution < -0.4 is 15.5 Å². The van der Waals surface area contributed by atoms with Crippen molar-refractivity contribution in [1.82, 2.24) is 20.2 Å². The van der Waals surface area contributed by atoms with Gasteiger partial charge in [-0.3, -0.25) is 10.3 Å². The molecule has 5 nitrogen and oxygen atoms in total. The molecule has 1 saturated heterocycles. The van der Waals surface area contributed by atoms with Gasteiger partial charge in [0.05, 0.1) is 30.3 Å². The molecule has 0 bridgehead atoms. The van der Waals surface area contributed by atoms with E-state index >= 15 is 0 Å². The van der Waals surface area contributed by atoms with Gasteiger partial charge in [0.15, 0.2) is 0 Å². The summed E-state index contributed by atoms with van der Waals surface area (Å²) in [5.41, 5.74) is 2.43. The molecule has 0 unspecified atom stereocenters. The van der Waals surface area contributed by atoms with Crippen LogP contribution in [0.25, 0.3) is 10.9 Å². The van der Waals surface area contributed by atoms with Crippen LogP contribution in [0.2, 0.25) is 0 Å². The Bertz CT molecular complexity index is 654. The molecule has 1 fully saturated rings. The van der Waals surface area contributed by atoms with Crippen LogP contribution in [0.1, 0.15) is 18.9 Å². The van der Waals surface area contributed by atoms with E-state index in [2.05, 4.69) is 49.6 Å². The lowest BCUT2D eigenvalue weighted by atomic mass is 10.1. The summed E-state index contributed by atoms with van der Waals surface area (Å²) in [6.07, 6.45) is 12.9. The molecule has 4 heterocycles. The van der Waals surface area contributed by atoms with Crippen LogP contribution >= 0.6 is 0 Å². The van der Waals surface area contributed by atoms with E-state index in [4.69, 9.17) is 0 Å². The highest BCUT2D eigenvalue weighted by Crippen LogP contribution is 2.31. The molecule has 0 radical (unpaired) electrons. The summed E-state index contributed by atoms with van der Waals surface area (Å²) in [6.45, 7) is 4.00. The molecule has 21 heavy (non-hydrogen) atoms. The molecule has 2 aliphatic rings. The second-order valence-electron chi connectivity index (χ2n) is 5.76. The average Bonchev–Trinajstić information content (AvgIpc) is 3.00. The molecule has 0 spiro atoms. The van der Waals surface area contributed by atoms with Crippen molar-refractivity contribution in [3.05, 3.63) is 36.9 Å². The van der Waals surface area contributed by atoms with E-state index in [1.807, 2.05) is 12.4 Å². The highest BCUT2D eigenvalue weighted by Gasteiger charge is 2.18. The van der Waals surface area contributed by atoms with Crippen molar-refractivity contribution < 1.29 is 0 Å². The van der Waals surface area contributed by atoms with Crippen molar-refractivity contribution in [2.24, 2.45) is 0 Å². The number of anilines is 1. The normalized spacial score (nSPS) is 20.3. The lowest BCUT2D eigenvalue weighted by Crippen LogP contribution is -2.34. The zero-order valence-corrected chi connectivity index (χ0v) is 12.1. The Morgan fingerprint density at radius 2 is 2.05 bits per heavy atom. The van der Waals surface area contributed by atoms with Gasteiger partial charge in [-0.05, 0) is 32.0 Å². The van der Waals surface area contributed by atoms with E-state index in [-0.39, 0.29) is 0 Å². The number of aromatic nitrogens is 2. The minimum Gasteiger partial charge on any atom is -0.343 e. The molecular formula is C16H21N5. The van der Waals surface area contributed by atoms with Gasteiger partial charge in [0.1, 0.15) is 0 Å². The monoisotopic (exact) mass is 283 g/mol. The zero-order chi connectivity index (χ0) is 14.1. The summed E-state index contributed by atoms with van der Waals surface area (Å²) >= 11 is 0. The number of pyridine rings is 1. The summed E-state index contributed by atoms with van der Waals surface area (Å²) < 4.78 is 2.41. The van der Waals surface area contributed by atoms with E-state index in [0.29, 0.717) is 6.04 Å². The molecule has 0 saturated carbocycles. The van der Waals surface area contributed by atoms with Crippen LogP contribution in [-0.4, -0.2) is 35.9 Å². The summed E-state index contributed by atoms with van der Waals surface area (Å²) in [7, 11) is 0. The average molecular weight is 283 g/mol. The lowest BCUT2D eigenvalue weighted by Gasteiger charge is -2.26. The number of hydrogen-bond acceptors (Lipinski definition) is 4. The summed E-state index contributed by atoms with van der Waals surface area (Å²) in [4.78, 5) is 6.70. The number of piperidine rings is 1. The summed E-state index contributed by atoms with van der Waals surface area (Å²) in [6, 6.07) is 2.83. The molecule has 2 N–H and O–H groups in total. The van der Waals surface area contributed by atoms with Gasteiger partial charge in [-0.1, -0.05) is 6.08 Å². The molecule has 0 atom stereocenters. The second kappa shape index (κ2) is 5.50. The Morgan fingerprint density at radius 1 is 1.14 bits per heavy atom. The van der Waals surface area contributed by atoms with Gasteiger partial charge in [-0.25, -0.2) is 0 Å². The first-order valence-corrected chi connectivity index (χ1v) is 7.73. The fraction of sp³-hybridized carbons (Fsp3) is 0.438. The highest BCUT2D eigenvalue weighted by molar-refractivity contribution is 5.92.